The van der Waals surface area contributed by atoms with Crippen LogP contribution in [0.2, 0.25) is 0 Å². The molecule has 66 valence electrons. The molecule has 0 radical (unpaired) electrons. The molecule has 0 atom stereocenters. The van der Waals surface area contributed by atoms with E-state index in [0.717, 1.165) is 0 Å². The number of amides is 2. The molecule has 0 saturated carbocycles. The van der Waals surface area contributed by atoms with Gasteiger partial charge >= 0.3 is 0 Å². The second-order valence-corrected chi connectivity index (χ2v) is 2.89. The predicted octanol–water partition coefficient (Wildman–Crippen LogP) is 0.115. The number of carbonyl (C=O) groups excluding carboxylic acids is 3. The number of imide groups is 1. The van der Waals surface area contributed by atoms with Gasteiger partial charge in [0.1, 0.15) is 5.78 Å². The fourth-order valence-electron chi connectivity index (χ4n) is 1.14. The van der Waals surface area contributed by atoms with E-state index in [1.165, 1.54) is 11.8 Å². The van der Waals surface area contributed by atoms with E-state index in [-0.39, 0.29) is 30.6 Å². The summed E-state index contributed by atoms with van der Waals surface area (Å²) in [5.74, 6) is -0.301. The summed E-state index contributed by atoms with van der Waals surface area (Å²) in [5, 5.41) is 0. The van der Waals surface area contributed by atoms with E-state index in [1.807, 2.05) is 0 Å². The van der Waals surface area contributed by atoms with Gasteiger partial charge in [-0.15, -0.1) is 0 Å². The van der Waals surface area contributed by atoms with E-state index in [9.17, 15) is 14.4 Å². The molecule has 0 unspecified atom stereocenters. The van der Waals surface area contributed by atoms with E-state index in [2.05, 4.69) is 0 Å². The quantitative estimate of drug-likeness (QED) is 0.563. The SMILES string of the molecule is CC(=O)CCN1C(=O)CCC1=O. The highest BCUT2D eigenvalue weighted by molar-refractivity contribution is 6.02. The van der Waals surface area contributed by atoms with Crippen molar-refractivity contribution in [2.24, 2.45) is 0 Å². The standard InChI is InChI=1S/C8H11NO3/c1-6(10)4-5-9-7(11)2-3-8(9)12/h2-5H2,1H3. The smallest absolute Gasteiger partial charge is 0.229 e. The molecule has 0 aliphatic carbocycles. The molecule has 0 spiro atoms. The highest BCUT2D eigenvalue weighted by Gasteiger charge is 2.28. The molecular weight excluding hydrogens is 158 g/mol. The first-order valence-corrected chi connectivity index (χ1v) is 3.94. The van der Waals surface area contributed by atoms with Crippen LogP contribution in [-0.2, 0) is 14.4 Å². The molecule has 1 fully saturated rings. The first kappa shape index (κ1) is 8.90. The summed E-state index contributed by atoms with van der Waals surface area (Å²) in [4.78, 5) is 33.7. The Labute approximate surface area is 70.5 Å². The van der Waals surface area contributed by atoms with Gasteiger partial charge in [-0.05, 0) is 6.92 Å². The van der Waals surface area contributed by atoms with Gasteiger partial charge in [-0.2, -0.15) is 0 Å². The summed E-state index contributed by atoms with van der Waals surface area (Å²) >= 11 is 0. The van der Waals surface area contributed by atoms with E-state index >= 15 is 0 Å². The average molecular weight is 169 g/mol. The highest BCUT2D eigenvalue weighted by Crippen LogP contribution is 2.11. The van der Waals surface area contributed by atoms with E-state index in [0.29, 0.717) is 12.8 Å². The van der Waals surface area contributed by atoms with Crippen LogP contribution in [0.25, 0.3) is 0 Å². The van der Waals surface area contributed by atoms with Crippen molar-refractivity contribution < 1.29 is 14.4 Å². The number of rotatable bonds is 3. The molecule has 4 nitrogen and oxygen atoms in total. The molecule has 0 bridgehead atoms. The first-order chi connectivity index (χ1) is 5.61. The van der Waals surface area contributed by atoms with E-state index in [1.54, 1.807) is 0 Å². The molecule has 1 heterocycles. The Kier molecular flexibility index (Phi) is 2.58. The number of hydrogen-bond donors (Lipinski definition) is 0. The summed E-state index contributed by atoms with van der Waals surface area (Å²) in [6, 6.07) is 0. The van der Waals surface area contributed by atoms with Crippen LogP contribution in [0.5, 0.6) is 0 Å². The number of hydrogen-bond acceptors (Lipinski definition) is 3. The lowest BCUT2D eigenvalue weighted by Gasteiger charge is -2.11. The zero-order valence-electron chi connectivity index (χ0n) is 7.00. The lowest BCUT2D eigenvalue weighted by molar-refractivity contribution is -0.138. The van der Waals surface area contributed by atoms with Crippen molar-refractivity contribution in [2.45, 2.75) is 26.2 Å². The summed E-state index contributed by atoms with van der Waals surface area (Å²) in [6.45, 7) is 1.71. The van der Waals surface area contributed by atoms with Gasteiger partial charge in [-0.1, -0.05) is 0 Å². The van der Waals surface area contributed by atoms with Crippen LogP contribution in [0.3, 0.4) is 0 Å². The summed E-state index contributed by atoms with van der Waals surface area (Å²) in [6.07, 6.45) is 0.880. The Morgan fingerprint density at radius 2 is 1.83 bits per heavy atom. The molecule has 0 aromatic rings. The molecule has 0 aromatic heterocycles. The minimum absolute atomic E-state index is 0.00231. The van der Waals surface area contributed by atoms with Gasteiger partial charge in [0.05, 0.1) is 0 Å². The third kappa shape index (κ3) is 1.90. The Balaban J connectivity index is 2.45. The molecule has 2 amide bonds. The van der Waals surface area contributed by atoms with Crippen LogP contribution in [0.4, 0.5) is 0 Å². The zero-order valence-corrected chi connectivity index (χ0v) is 7.00. The molecule has 1 aliphatic heterocycles. The number of ketones is 1. The van der Waals surface area contributed by atoms with Gasteiger partial charge in [-0.25, -0.2) is 0 Å². The van der Waals surface area contributed by atoms with Crippen molar-refractivity contribution in [3.63, 3.8) is 0 Å². The second kappa shape index (κ2) is 3.47. The lowest BCUT2D eigenvalue weighted by Crippen LogP contribution is -2.30. The number of likely N-dealkylation sites (tertiary alicyclic amines) is 1. The van der Waals surface area contributed by atoms with Crippen LogP contribution < -0.4 is 0 Å². The Morgan fingerprint density at radius 3 is 2.25 bits per heavy atom. The highest BCUT2D eigenvalue weighted by atomic mass is 16.2. The topological polar surface area (TPSA) is 54.5 Å². The molecule has 0 N–H and O–H groups in total. The number of Topliss-reactive ketones (excluding diaryl/α,β-unsaturated/α-hetero) is 1. The van der Waals surface area contributed by atoms with E-state index < -0.39 is 0 Å². The van der Waals surface area contributed by atoms with Crippen molar-refractivity contribution in [1.82, 2.24) is 4.90 Å². The normalized spacial score (nSPS) is 17.2. The lowest BCUT2D eigenvalue weighted by atomic mass is 10.3. The Bertz CT molecular complexity index is 218. The summed E-state index contributed by atoms with van der Waals surface area (Å²) < 4.78 is 0. The fourth-order valence-corrected chi connectivity index (χ4v) is 1.14. The first-order valence-electron chi connectivity index (χ1n) is 3.94. The van der Waals surface area contributed by atoms with Crippen LogP contribution >= 0.6 is 0 Å². The molecular formula is C8H11NO3. The van der Waals surface area contributed by atoms with Crippen molar-refractivity contribution in [1.29, 1.82) is 0 Å². The maximum absolute atomic E-state index is 11.0. The average Bonchev–Trinajstić information content (AvgIpc) is 2.28. The number of nitrogens with zero attached hydrogens (tertiary/aromatic N) is 1. The molecule has 12 heavy (non-hydrogen) atoms. The Hall–Kier alpha value is -1.19. The molecule has 4 heteroatoms. The van der Waals surface area contributed by atoms with Crippen LogP contribution in [0.15, 0.2) is 0 Å². The second-order valence-electron chi connectivity index (χ2n) is 2.89. The van der Waals surface area contributed by atoms with Crippen molar-refractivity contribution in [3.8, 4) is 0 Å². The maximum atomic E-state index is 11.0. The zero-order chi connectivity index (χ0) is 9.14. The van der Waals surface area contributed by atoms with Crippen LogP contribution in [-0.4, -0.2) is 29.0 Å². The van der Waals surface area contributed by atoms with Gasteiger partial charge < -0.3 is 0 Å². The molecule has 1 rings (SSSR count). The van der Waals surface area contributed by atoms with Gasteiger partial charge in [-0.3, -0.25) is 19.3 Å². The number of carbonyl (C=O) groups is 3. The minimum atomic E-state index is -0.152. The van der Waals surface area contributed by atoms with Crippen LogP contribution in [0.1, 0.15) is 26.2 Å². The minimum Gasteiger partial charge on any atom is -0.300 e. The summed E-state index contributed by atoms with van der Waals surface area (Å²) in [7, 11) is 0. The van der Waals surface area contributed by atoms with Crippen molar-refractivity contribution in [2.75, 3.05) is 6.54 Å². The molecule has 1 aliphatic rings. The van der Waals surface area contributed by atoms with Gasteiger partial charge in [0, 0.05) is 25.8 Å². The fraction of sp³-hybridized carbons (Fsp3) is 0.625. The van der Waals surface area contributed by atoms with Gasteiger partial charge in [0.2, 0.25) is 11.8 Å². The predicted molar refractivity (Wildman–Crippen MR) is 41.3 cm³/mol. The monoisotopic (exact) mass is 169 g/mol. The third-order valence-corrected chi connectivity index (χ3v) is 1.84. The van der Waals surface area contributed by atoms with Crippen molar-refractivity contribution >= 4 is 17.6 Å². The largest absolute Gasteiger partial charge is 0.300 e. The summed E-state index contributed by atoms with van der Waals surface area (Å²) in [5.41, 5.74) is 0. The Morgan fingerprint density at radius 1 is 1.33 bits per heavy atom. The van der Waals surface area contributed by atoms with Crippen molar-refractivity contribution in [3.05, 3.63) is 0 Å². The van der Waals surface area contributed by atoms with Crippen LogP contribution in [0, 0.1) is 0 Å². The third-order valence-electron chi connectivity index (χ3n) is 1.84. The maximum Gasteiger partial charge on any atom is 0.229 e. The molecule has 0 aromatic carbocycles. The van der Waals surface area contributed by atoms with Gasteiger partial charge in [0.25, 0.3) is 0 Å². The van der Waals surface area contributed by atoms with Gasteiger partial charge in [0.15, 0.2) is 0 Å². The molecule has 1 saturated heterocycles. The van der Waals surface area contributed by atoms with E-state index in [4.69, 9.17) is 0 Å².